The van der Waals surface area contributed by atoms with Gasteiger partial charge in [-0.1, -0.05) is 11.6 Å². The van der Waals surface area contributed by atoms with Crippen LogP contribution in [0.5, 0.6) is 0 Å². The molecule has 1 saturated heterocycles. The van der Waals surface area contributed by atoms with Crippen molar-refractivity contribution in [2.24, 2.45) is 10.4 Å². The number of anilines is 1. The molecular formula is C19H17N5O. The average molecular weight is 331 g/mol. The molecule has 6 nitrogen and oxygen atoms in total. The zero-order valence-electron chi connectivity index (χ0n) is 14.1. The van der Waals surface area contributed by atoms with Gasteiger partial charge in [-0.2, -0.15) is 5.10 Å². The Kier molecular flexibility index (Phi) is 2.72. The number of aromatic nitrogens is 3. The van der Waals surface area contributed by atoms with E-state index in [0.717, 1.165) is 47.0 Å². The number of amidine groups is 1. The second-order valence-corrected chi connectivity index (χ2v) is 6.97. The van der Waals surface area contributed by atoms with Crippen molar-refractivity contribution in [3.8, 4) is 0 Å². The van der Waals surface area contributed by atoms with Gasteiger partial charge in [-0.05, 0) is 38.5 Å². The van der Waals surface area contributed by atoms with Crippen molar-refractivity contribution >= 4 is 28.6 Å². The lowest BCUT2D eigenvalue weighted by atomic mass is 9.78. The standard InChI is InChI=1S/C19H17N5O/c1-12-3-4-15-14(9-12)17(25)19(2)6-8-23(18(19)22-15)13-5-7-24-16(10-13)20-11-21-24/h3-5,7,9-11H,6,8H2,1-2H3/t19-/m0/s1. The van der Waals surface area contributed by atoms with Crippen molar-refractivity contribution in [3.05, 3.63) is 54.0 Å². The minimum Gasteiger partial charge on any atom is -0.329 e. The summed E-state index contributed by atoms with van der Waals surface area (Å²) in [7, 11) is 0. The Bertz CT molecular complexity index is 1070. The predicted molar refractivity (Wildman–Crippen MR) is 95.7 cm³/mol. The number of nitrogens with zero attached hydrogens (tertiary/aromatic N) is 5. The first kappa shape index (κ1) is 14.3. The van der Waals surface area contributed by atoms with Gasteiger partial charge in [-0.3, -0.25) is 4.79 Å². The molecule has 2 aliphatic rings. The minimum absolute atomic E-state index is 0.169. The Labute approximate surface area is 144 Å². The van der Waals surface area contributed by atoms with Crippen LogP contribution in [-0.4, -0.2) is 32.8 Å². The molecule has 6 heteroatoms. The third-order valence-corrected chi connectivity index (χ3v) is 5.28. The number of carbonyl (C=O) groups is 1. The highest BCUT2D eigenvalue weighted by Gasteiger charge is 2.49. The molecule has 0 N–H and O–H groups in total. The normalized spacial score (nSPS) is 22.1. The van der Waals surface area contributed by atoms with Gasteiger partial charge in [-0.25, -0.2) is 14.5 Å². The van der Waals surface area contributed by atoms with Crippen LogP contribution in [-0.2, 0) is 0 Å². The first-order valence-corrected chi connectivity index (χ1v) is 8.38. The fraction of sp³-hybridized carbons (Fsp3) is 0.263. The second-order valence-electron chi connectivity index (χ2n) is 6.97. The maximum atomic E-state index is 13.2. The van der Waals surface area contributed by atoms with Crippen LogP contribution in [0.2, 0.25) is 0 Å². The third-order valence-electron chi connectivity index (χ3n) is 5.28. The van der Waals surface area contributed by atoms with E-state index in [4.69, 9.17) is 4.99 Å². The summed E-state index contributed by atoms with van der Waals surface area (Å²) in [5, 5.41) is 4.13. The molecule has 25 heavy (non-hydrogen) atoms. The van der Waals surface area contributed by atoms with E-state index in [2.05, 4.69) is 15.0 Å². The van der Waals surface area contributed by atoms with Crippen molar-refractivity contribution in [2.45, 2.75) is 20.3 Å². The number of hydrogen-bond donors (Lipinski definition) is 0. The fourth-order valence-electron chi connectivity index (χ4n) is 3.81. The quantitative estimate of drug-likeness (QED) is 0.687. The Hall–Kier alpha value is -3.02. The van der Waals surface area contributed by atoms with E-state index >= 15 is 0 Å². The highest BCUT2D eigenvalue weighted by Crippen LogP contribution is 2.44. The Balaban J connectivity index is 1.67. The molecule has 2 aliphatic heterocycles. The number of aryl methyl sites for hydroxylation is 1. The highest BCUT2D eigenvalue weighted by atomic mass is 16.1. The lowest BCUT2D eigenvalue weighted by molar-refractivity contribution is 0.0887. The summed E-state index contributed by atoms with van der Waals surface area (Å²) >= 11 is 0. The van der Waals surface area contributed by atoms with Gasteiger partial charge in [0.1, 0.15) is 12.2 Å². The molecule has 0 bridgehead atoms. The van der Waals surface area contributed by atoms with Crippen LogP contribution in [0.25, 0.3) is 5.65 Å². The summed E-state index contributed by atoms with van der Waals surface area (Å²) in [4.78, 5) is 24.4. The van der Waals surface area contributed by atoms with Gasteiger partial charge in [0.05, 0.1) is 11.1 Å². The van der Waals surface area contributed by atoms with Crippen LogP contribution in [0.4, 0.5) is 11.4 Å². The fourth-order valence-corrected chi connectivity index (χ4v) is 3.81. The Morgan fingerprint density at radius 2 is 2.08 bits per heavy atom. The summed E-state index contributed by atoms with van der Waals surface area (Å²) in [5.74, 6) is 1.000. The van der Waals surface area contributed by atoms with Crippen LogP contribution in [0.15, 0.2) is 47.8 Å². The van der Waals surface area contributed by atoms with Crippen LogP contribution in [0.3, 0.4) is 0 Å². The first-order chi connectivity index (χ1) is 12.1. The molecule has 0 spiro atoms. The van der Waals surface area contributed by atoms with E-state index in [1.807, 2.05) is 50.4 Å². The maximum absolute atomic E-state index is 13.2. The number of hydrogen-bond acceptors (Lipinski definition) is 5. The second kappa shape index (κ2) is 4.75. The highest BCUT2D eigenvalue weighted by molar-refractivity contribution is 6.25. The van der Waals surface area contributed by atoms with Crippen molar-refractivity contribution in [1.82, 2.24) is 14.6 Å². The average Bonchev–Trinajstić information content (AvgIpc) is 3.20. The van der Waals surface area contributed by atoms with E-state index in [1.165, 1.54) is 6.33 Å². The van der Waals surface area contributed by atoms with Gasteiger partial charge >= 0.3 is 0 Å². The van der Waals surface area contributed by atoms with Gasteiger partial charge in [0, 0.05) is 30.1 Å². The number of Topliss-reactive ketones (excluding diaryl/α,β-unsaturated/α-hetero) is 1. The molecule has 1 aromatic carbocycles. The van der Waals surface area contributed by atoms with Crippen molar-refractivity contribution in [1.29, 1.82) is 0 Å². The monoisotopic (exact) mass is 331 g/mol. The predicted octanol–water partition coefficient (Wildman–Crippen LogP) is 3.18. The van der Waals surface area contributed by atoms with Gasteiger partial charge in [0.25, 0.3) is 0 Å². The molecule has 1 fully saturated rings. The van der Waals surface area contributed by atoms with E-state index in [1.54, 1.807) is 4.52 Å². The molecule has 2 aromatic heterocycles. The molecule has 0 saturated carbocycles. The molecule has 0 aliphatic carbocycles. The number of benzene rings is 1. The topological polar surface area (TPSA) is 62.9 Å². The molecule has 0 radical (unpaired) electrons. The van der Waals surface area contributed by atoms with Crippen LogP contribution in [0.1, 0.15) is 29.3 Å². The summed E-state index contributed by atoms with van der Waals surface area (Å²) < 4.78 is 1.73. The summed E-state index contributed by atoms with van der Waals surface area (Å²) in [5.41, 5.74) is 3.79. The van der Waals surface area contributed by atoms with Gasteiger partial charge < -0.3 is 4.90 Å². The minimum atomic E-state index is -0.569. The molecule has 0 amide bonds. The SMILES string of the molecule is Cc1ccc2c(c1)C(=O)[C@]1(C)CCN(c3ccn4ncnc4c3)C1=N2. The molecule has 0 unspecified atom stereocenters. The smallest absolute Gasteiger partial charge is 0.178 e. The van der Waals surface area contributed by atoms with Crippen LogP contribution >= 0.6 is 0 Å². The number of carbonyl (C=O) groups excluding carboxylic acids is 1. The number of rotatable bonds is 1. The Morgan fingerprint density at radius 3 is 2.96 bits per heavy atom. The van der Waals surface area contributed by atoms with E-state index < -0.39 is 5.41 Å². The first-order valence-electron chi connectivity index (χ1n) is 8.38. The van der Waals surface area contributed by atoms with Crippen molar-refractivity contribution in [2.75, 3.05) is 11.4 Å². The largest absolute Gasteiger partial charge is 0.329 e. The molecule has 1 atom stereocenters. The molecule has 5 rings (SSSR count). The van der Waals surface area contributed by atoms with Crippen molar-refractivity contribution in [3.63, 3.8) is 0 Å². The van der Waals surface area contributed by atoms with Crippen LogP contribution < -0.4 is 4.90 Å². The zero-order chi connectivity index (χ0) is 17.2. The summed E-state index contributed by atoms with van der Waals surface area (Å²) in [6.45, 7) is 4.78. The van der Waals surface area contributed by atoms with E-state index in [9.17, 15) is 4.79 Å². The summed E-state index contributed by atoms with van der Waals surface area (Å²) in [6, 6.07) is 9.86. The maximum Gasteiger partial charge on any atom is 0.178 e. The van der Waals surface area contributed by atoms with Gasteiger partial charge in [0.15, 0.2) is 11.4 Å². The van der Waals surface area contributed by atoms with E-state index in [-0.39, 0.29) is 5.78 Å². The summed E-state index contributed by atoms with van der Waals surface area (Å²) in [6.07, 6.45) is 4.18. The zero-order valence-corrected chi connectivity index (χ0v) is 14.1. The third kappa shape index (κ3) is 1.91. The number of aliphatic imine (C=N–C) groups is 1. The number of ketones is 1. The number of pyridine rings is 1. The molecule has 124 valence electrons. The molecule has 3 aromatic rings. The lowest BCUT2D eigenvalue weighted by Crippen LogP contribution is -2.40. The van der Waals surface area contributed by atoms with Gasteiger partial charge in [0.2, 0.25) is 0 Å². The van der Waals surface area contributed by atoms with Crippen LogP contribution in [0, 0.1) is 12.3 Å². The number of fused-ring (bicyclic) bond motifs is 3. The van der Waals surface area contributed by atoms with Gasteiger partial charge in [-0.15, -0.1) is 0 Å². The van der Waals surface area contributed by atoms with E-state index in [0.29, 0.717) is 0 Å². The molecular weight excluding hydrogens is 314 g/mol. The lowest BCUT2D eigenvalue weighted by Gasteiger charge is -2.31. The Morgan fingerprint density at radius 1 is 1.20 bits per heavy atom. The molecule has 4 heterocycles. The van der Waals surface area contributed by atoms with Crippen molar-refractivity contribution < 1.29 is 4.79 Å².